The smallest absolute Gasteiger partial charge is 0.245 e. The third kappa shape index (κ3) is 6.28. The van der Waals surface area contributed by atoms with Gasteiger partial charge >= 0.3 is 0 Å². The van der Waals surface area contributed by atoms with Crippen molar-refractivity contribution in [3.63, 3.8) is 0 Å². The molecule has 0 aliphatic carbocycles. The van der Waals surface area contributed by atoms with Crippen LogP contribution in [0.15, 0.2) is 77.7 Å². The molecular weight excluding hydrogens is 476 g/mol. The van der Waals surface area contributed by atoms with Crippen molar-refractivity contribution in [3.8, 4) is 11.5 Å². The Labute approximate surface area is 205 Å². The third-order valence-corrected chi connectivity index (χ3v) is 7.00. The van der Waals surface area contributed by atoms with Gasteiger partial charge in [0.05, 0.1) is 20.3 Å². The lowest BCUT2D eigenvalue weighted by Crippen LogP contribution is -2.48. The van der Waals surface area contributed by atoms with Crippen molar-refractivity contribution in [1.82, 2.24) is 10.0 Å². The first-order valence-corrected chi connectivity index (χ1v) is 12.4. The number of methoxy groups -OCH3 is 2. The van der Waals surface area contributed by atoms with Crippen molar-refractivity contribution in [2.45, 2.75) is 30.3 Å². The first kappa shape index (κ1) is 25.6. The van der Waals surface area contributed by atoms with E-state index in [4.69, 9.17) is 21.1 Å². The van der Waals surface area contributed by atoms with Gasteiger partial charge in [-0.25, -0.2) is 8.42 Å². The van der Waals surface area contributed by atoms with Crippen LogP contribution in [0.2, 0.25) is 5.02 Å². The van der Waals surface area contributed by atoms with Crippen molar-refractivity contribution in [1.29, 1.82) is 0 Å². The highest BCUT2D eigenvalue weighted by molar-refractivity contribution is 7.89. The monoisotopic (exact) mass is 502 g/mol. The standard InChI is InChI=1S/C25H27ClN2O5S/c1-17(20-11-7-8-12-22(20)32-2)27-25(29)21(15-18-9-5-4-6-10-18)28-34(30,31)24-16-19(26)13-14-23(24)33-3/h4-14,16-17,21,28H,15H2,1-3H3,(H,27,29)/t17-,21-/m0/s1. The highest BCUT2D eigenvalue weighted by Gasteiger charge is 2.29. The van der Waals surface area contributed by atoms with Crippen LogP contribution in [0.1, 0.15) is 24.1 Å². The molecule has 0 spiro atoms. The molecule has 0 aliphatic rings. The maximum atomic E-state index is 13.3. The lowest BCUT2D eigenvalue weighted by molar-refractivity contribution is -0.123. The fraction of sp³-hybridized carbons (Fsp3) is 0.240. The minimum atomic E-state index is -4.15. The van der Waals surface area contributed by atoms with E-state index in [1.807, 2.05) is 55.5 Å². The van der Waals surface area contributed by atoms with Crippen LogP contribution in [-0.4, -0.2) is 34.6 Å². The fourth-order valence-corrected chi connectivity index (χ4v) is 5.19. The van der Waals surface area contributed by atoms with Gasteiger partial charge in [-0.3, -0.25) is 4.79 Å². The Balaban J connectivity index is 1.91. The van der Waals surface area contributed by atoms with E-state index in [0.29, 0.717) is 5.75 Å². The zero-order chi connectivity index (χ0) is 24.7. The molecule has 0 radical (unpaired) electrons. The van der Waals surface area contributed by atoms with Gasteiger partial charge in [-0.2, -0.15) is 4.72 Å². The summed E-state index contributed by atoms with van der Waals surface area (Å²) in [5.74, 6) is 0.268. The summed E-state index contributed by atoms with van der Waals surface area (Å²) in [7, 11) is -1.23. The fourth-order valence-electron chi connectivity index (χ4n) is 3.56. The first-order valence-electron chi connectivity index (χ1n) is 10.6. The van der Waals surface area contributed by atoms with Gasteiger partial charge in [0, 0.05) is 10.6 Å². The molecule has 0 heterocycles. The number of nitrogens with one attached hydrogen (secondary N) is 2. The molecular formula is C25H27ClN2O5S. The average Bonchev–Trinajstić information content (AvgIpc) is 2.84. The lowest BCUT2D eigenvalue weighted by Gasteiger charge is -2.23. The van der Waals surface area contributed by atoms with Crippen LogP contribution in [0.25, 0.3) is 0 Å². The number of carbonyl (C=O) groups excluding carboxylic acids is 1. The highest BCUT2D eigenvalue weighted by Crippen LogP contribution is 2.28. The summed E-state index contributed by atoms with van der Waals surface area (Å²) in [6, 6.07) is 19.3. The first-order chi connectivity index (χ1) is 16.2. The van der Waals surface area contributed by atoms with Crippen LogP contribution in [0, 0.1) is 0 Å². The molecule has 3 rings (SSSR count). The summed E-state index contributed by atoms with van der Waals surface area (Å²) in [4.78, 5) is 13.2. The molecule has 0 fully saturated rings. The summed E-state index contributed by atoms with van der Waals surface area (Å²) in [5, 5.41) is 3.13. The van der Waals surface area contributed by atoms with Gasteiger partial charge in [-0.1, -0.05) is 60.1 Å². The zero-order valence-corrected chi connectivity index (χ0v) is 20.7. The Morgan fingerprint density at radius 1 is 0.941 bits per heavy atom. The van der Waals surface area contributed by atoms with Crippen molar-refractivity contribution in [2.75, 3.05) is 14.2 Å². The molecule has 34 heavy (non-hydrogen) atoms. The molecule has 9 heteroatoms. The second kappa shape index (κ2) is 11.4. The molecule has 2 N–H and O–H groups in total. The number of amides is 1. The van der Waals surface area contributed by atoms with E-state index in [1.165, 1.54) is 25.3 Å². The average molecular weight is 503 g/mol. The minimum Gasteiger partial charge on any atom is -0.496 e. The van der Waals surface area contributed by atoms with Crippen LogP contribution in [0.3, 0.4) is 0 Å². The molecule has 0 aliphatic heterocycles. The Kier molecular flexibility index (Phi) is 8.55. The maximum Gasteiger partial charge on any atom is 0.245 e. The molecule has 2 atom stereocenters. The molecule has 0 aromatic heterocycles. The number of hydrogen-bond acceptors (Lipinski definition) is 5. The van der Waals surface area contributed by atoms with Crippen LogP contribution in [0.5, 0.6) is 11.5 Å². The molecule has 3 aromatic carbocycles. The van der Waals surface area contributed by atoms with E-state index >= 15 is 0 Å². The molecule has 180 valence electrons. The van der Waals surface area contributed by atoms with E-state index in [2.05, 4.69) is 10.0 Å². The number of ether oxygens (including phenoxy) is 2. The Bertz CT molecular complexity index is 1240. The maximum absolute atomic E-state index is 13.3. The quantitative estimate of drug-likeness (QED) is 0.435. The zero-order valence-electron chi connectivity index (χ0n) is 19.1. The summed E-state index contributed by atoms with van der Waals surface area (Å²) in [5.41, 5.74) is 1.57. The summed E-state index contributed by atoms with van der Waals surface area (Å²) < 4.78 is 39.7. The van der Waals surface area contributed by atoms with Crippen molar-refractivity contribution in [2.24, 2.45) is 0 Å². The van der Waals surface area contributed by atoms with Gasteiger partial charge in [0.15, 0.2) is 0 Å². The predicted molar refractivity (Wildman–Crippen MR) is 132 cm³/mol. The number of benzene rings is 3. The molecule has 7 nitrogen and oxygen atoms in total. The number of rotatable bonds is 10. The van der Waals surface area contributed by atoms with Crippen molar-refractivity contribution >= 4 is 27.5 Å². The normalized spacial score (nSPS) is 13.1. The number of para-hydroxylation sites is 1. The van der Waals surface area contributed by atoms with Gasteiger partial charge in [0.1, 0.15) is 22.4 Å². The minimum absolute atomic E-state index is 0.123. The molecule has 0 saturated heterocycles. The van der Waals surface area contributed by atoms with Crippen LogP contribution < -0.4 is 19.5 Å². The molecule has 3 aromatic rings. The van der Waals surface area contributed by atoms with E-state index < -0.39 is 28.0 Å². The lowest BCUT2D eigenvalue weighted by atomic mass is 10.0. The highest BCUT2D eigenvalue weighted by atomic mass is 35.5. The summed E-state index contributed by atoms with van der Waals surface area (Å²) >= 11 is 6.04. The molecule has 1 amide bonds. The van der Waals surface area contributed by atoms with E-state index in [-0.39, 0.29) is 22.1 Å². The predicted octanol–water partition coefficient (Wildman–Crippen LogP) is 4.12. The van der Waals surface area contributed by atoms with Gasteiger partial charge in [0.2, 0.25) is 15.9 Å². The second-order valence-corrected chi connectivity index (χ2v) is 9.75. The van der Waals surface area contributed by atoms with E-state index in [9.17, 15) is 13.2 Å². The Morgan fingerprint density at radius 2 is 1.59 bits per heavy atom. The summed E-state index contributed by atoms with van der Waals surface area (Å²) in [6.07, 6.45) is 0.146. The van der Waals surface area contributed by atoms with Crippen molar-refractivity contribution in [3.05, 3.63) is 88.9 Å². The van der Waals surface area contributed by atoms with Crippen LogP contribution >= 0.6 is 11.6 Å². The third-order valence-electron chi connectivity index (χ3n) is 5.28. The van der Waals surface area contributed by atoms with Gasteiger partial charge in [-0.05, 0) is 43.2 Å². The topological polar surface area (TPSA) is 93.7 Å². The van der Waals surface area contributed by atoms with Crippen molar-refractivity contribution < 1.29 is 22.7 Å². The molecule has 0 bridgehead atoms. The summed E-state index contributed by atoms with van der Waals surface area (Å²) in [6.45, 7) is 1.81. The number of halogens is 1. The number of carbonyl (C=O) groups is 1. The SMILES string of the molecule is COc1ccccc1[C@H](C)NC(=O)[C@H](Cc1ccccc1)NS(=O)(=O)c1cc(Cl)ccc1OC. The Morgan fingerprint density at radius 3 is 2.26 bits per heavy atom. The van der Waals surface area contributed by atoms with E-state index in [1.54, 1.807) is 13.2 Å². The van der Waals surface area contributed by atoms with Crippen LogP contribution in [0.4, 0.5) is 0 Å². The van der Waals surface area contributed by atoms with Gasteiger partial charge in [0.25, 0.3) is 0 Å². The number of hydrogen-bond donors (Lipinski definition) is 2. The van der Waals surface area contributed by atoms with E-state index in [0.717, 1.165) is 11.1 Å². The molecule has 0 saturated carbocycles. The number of sulfonamides is 1. The van der Waals surface area contributed by atoms with Gasteiger partial charge in [-0.15, -0.1) is 0 Å². The van der Waals surface area contributed by atoms with Crippen LogP contribution in [-0.2, 0) is 21.2 Å². The largest absolute Gasteiger partial charge is 0.496 e. The second-order valence-electron chi connectivity index (χ2n) is 7.63. The Hall–Kier alpha value is -3.07. The van der Waals surface area contributed by atoms with Gasteiger partial charge < -0.3 is 14.8 Å². The molecule has 0 unspecified atom stereocenters.